The average Bonchev–Trinajstić information content (AvgIpc) is 2.91. The highest BCUT2D eigenvalue weighted by atomic mass is 79.9. The van der Waals surface area contributed by atoms with Gasteiger partial charge in [-0.1, -0.05) is 35.0 Å². The number of hydrogen-bond donors (Lipinski definition) is 1. The van der Waals surface area contributed by atoms with Crippen LogP contribution in [0.1, 0.15) is 36.3 Å². The van der Waals surface area contributed by atoms with Crippen LogP contribution in [0.2, 0.25) is 0 Å². The molecule has 2 nitrogen and oxygen atoms in total. The zero-order valence-corrected chi connectivity index (χ0v) is 13.0. The Balaban J connectivity index is 2.18. The number of hydrogen-bond acceptors (Lipinski definition) is 2. The Morgan fingerprint density at radius 3 is 2.79 bits per heavy atom. The van der Waals surface area contributed by atoms with Crippen LogP contribution in [0.4, 0.5) is 0 Å². The quantitative estimate of drug-likeness (QED) is 0.838. The van der Waals surface area contributed by atoms with E-state index in [9.17, 15) is 0 Å². The summed E-state index contributed by atoms with van der Waals surface area (Å²) in [4.78, 5) is 0. The molecule has 0 saturated heterocycles. The zero-order chi connectivity index (χ0) is 13.7. The molecule has 3 heteroatoms. The summed E-state index contributed by atoms with van der Waals surface area (Å²) >= 11 is 3.61. The molecule has 1 heterocycles. The summed E-state index contributed by atoms with van der Waals surface area (Å²) in [6.07, 6.45) is 3.74. The lowest BCUT2D eigenvalue weighted by Crippen LogP contribution is -2.24. The van der Waals surface area contributed by atoms with Crippen LogP contribution >= 0.6 is 15.9 Å². The number of benzene rings is 1. The predicted octanol–water partition coefficient (Wildman–Crippen LogP) is 4.63. The first-order chi connectivity index (χ1) is 9.20. The fourth-order valence-corrected chi connectivity index (χ4v) is 2.48. The van der Waals surface area contributed by atoms with Gasteiger partial charge in [-0.05, 0) is 49.2 Å². The topological polar surface area (TPSA) is 25.2 Å². The van der Waals surface area contributed by atoms with Crippen molar-refractivity contribution < 1.29 is 4.42 Å². The summed E-state index contributed by atoms with van der Waals surface area (Å²) in [7, 11) is 0. The highest BCUT2D eigenvalue weighted by Crippen LogP contribution is 2.24. The molecule has 0 amide bonds. The van der Waals surface area contributed by atoms with Crippen molar-refractivity contribution in [1.29, 1.82) is 0 Å². The number of nitrogens with one attached hydrogen (secondary N) is 1. The van der Waals surface area contributed by atoms with E-state index in [1.165, 1.54) is 11.1 Å². The Morgan fingerprint density at radius 2 is 2.16 bits per heavy atom. The number of rotatable bonds is 6. The molecular weight excluding hydrogens is 302 g/mol. The van der Waals surface area contributed by atoms with Gasteiger partial charge < -0.3 is 9.73 Å². The van der Waals surface area contributed by atoms with E-state index in [2.05, 4.69) is 53.3 Å². The van der Waals surface area contributed by atoms with Gasteiger partial charge in [-0.25, -0.2) is 0 Å². The molecule has 0 spiro atoms. The van der Waals surface area contributed by atoms with Crippen molar-refractivity contribution in [3.8, 4) is 0 Å². The van der Waals surface area contributed by atoms with E-state index in [1.54, 1.807) is 6.26 Å². The number of aryl methyl sites for hydroxylation is 1. The van der Waals surface area contributed by atoms with Crippen molar-refractivity contribution in [2.75, 3.05) is 6.54 Å². The molecule has 0 saturated carbocycles. The van der Waals surface area contributed by atoms with E-state index in [1.807, 2.05) is 12.1 Å². The van der Waals surface area contributed by atoms with Crippen LogP contribution in [0.25, 0.3) is 0 Å². The molecule has 0 aliphatic rings. The maximum absolute atomic E-state index is 5.47. The number of halogens is 1. The lowest BCUT2D eigenvalue weighted by molar-refractivity contribution is 0.449. The molecule has 2 rings (SSSR count). The van der Waals surface area contributed by atoms with Gasteiger partial charge in [-0.3, -0.25) is 0 Å². The molecule has 0 fully saturated rings. The molecule has 0 aliphatic carbocycles. The zero-order valence-electron chi connectivity index (χ0n) is 11.4. The van der Waals surface area contributed by atoms with E-state index in [0.29, 0.717) is 6.04 Å². The minimum atomic E-state index is 0.294. The van der Waals surface area contributed by atoms with Gasteiger partial charge in [0, 0.05) is 16.9 Å². The van der Waals surface area contributed by atoms with Gasteiger partial charge in [0.05, 0.1) is 6.26 Å². The van der Waals surface area contributed by atoms with Gasteiger partial charge in [0.25, 0.3) is 0 Å². The molecule has 1 aromatic heterocycles. The van der Waals surface area contributed by atoms with Crippen LogP contribution in [0.15, 0.2) is 45.5 Å². The van der Waals surface area contributed by atoms with Crippen molar-refractivity contribution in [3.63, 3.8) is 0 Å². The second-order valence-corrected chi connectivity index (χ2v) is 5.65. The molecule has 102 valence electrons. The second kappa shape index (κ2) is 6.92. The second-order valence-electron chi connectivity index (χ2n) is 4.80. The fourth-order valence-electron chi connectivity index (χ4n) is 2.08. The molecule has 0 bridgehead atoms. The Hall–Kier alpha value is -1.06. The van der Waals surface area contributed by atoms with Crippen molar-refractivity contribution in [3.05, 3.63) is 58.0 Å². The molecule has 19 heavy (non-hydrogen) atoms. The first-order valence-corrected chi connectivity index (χ1v) is 7.51. The maximum Gasteiger partial charge on any atom is 0.105 e. The highest BCUT2D eigenvalue weighted by molar-refractivity contribution is 9.10. The third-order valence-corrected chi connectivity index (χ3v) is 4.08. The molecule has 1 atom stereocenters. The van der Waals surface area contributed by atoms with Gasteiger partial charge in [-0.2, -0.15) is 0 Å². The van der Waals surface area contributed by atoms with E-state index < -0.39 is 0 Å². The molecule has 1 aromatic carbocycles. The third kappa shape index (κ3) is 3.95. The first-order valence-electron chi connectivity index (χ1n) is 6.72. The van der Waals surface area contributed by atoms with Crippen LogP contribution < -0.4 is 5.32 Å². The summed E-state index contributed by atoms with van der Waals surface area (Å²) in [6.45, 7) is 5.30. The molecular formula is C16H20BrNO. The molecule has 1 N–H and O–H groups in total. The summed E-state index contributed by atoms with van der Waals surface area (Å²) in [6, 6.07) is 10.8. The van der Waals surface area contributed by atoms with Gasteiger partial charge in [0.15, 0.2) is 0 Å². The predicted molar refractivity (Wildman–Crippen MR) is 82.3 cm³/mol. The third-order valence-electron chi connectivity index (χ3n) is 3.22. The van der Waals surface area contributed by atoms with E-state index in [0.717, 1.165) is 29.6 Å². The maximum atomic E-state index is 5.47. The fraction of sp³-hybridized carbons (Fsp3) is 0.375. The monoisotopic (exact) mass is 321 g/mol. The van der Waals surface area contributed by atoms with E-state index >= 15 is 0 Å². The lowest BCUT2D eigenvalue weighted by Gasteiger charge is -2.18. The van der Waals surface area contributed by atoms with E-state index in [-0.39, 0.29) is 0 Å². The number of furan rings is 1. The normalized spacial score (nSPS) is 12.6. The first kappa shape index (κ1) is 14.4. The highest BCUT2D eigenvalue weighted by Gasteiger charge is 2.13. The molecule has 0 radical (unpaired) electrons. The summed E-state index contributed by atoms with van der Waals surface area (Å²) in [5, 5.41) is 3.59. The largest absolute Gasteiger partial charge is 0.469 e. The van der Waals surface area contributed by atoms with Crippen molar-refractivity contribution in [2.24, 2.45) is 0 Å². The minimum absolute atomic E-state index is 0.294. The Bertz CT molecular complexity index is 507. The smallest absolute Gasteiger partial charge is 0.105 e. The molecule has 1 unspecified atom stereocenters. The van der Waals surface area contributed by atoms with Crippen LogP contribution in [0.3, 0.4) is 0 Å². The van der Waals surface area contributed by atoms with Crippen molar-refractivity contribution in [1.82, 2.24) is 5.32 Å². The van der Waals surface area contributed by atoms with Crippen LogP contribution in [-0.4, -0.2) is 6.54 Å². The van der Waals surface area contributed by atoms with Gasteiger partial charge in [0.2, 0.25) is 0 Å². The Labute approximate surface area is 123 Å². The molecule has 0 aliphatic heterocycles. The SMILES string of the molecule is CCCNC(Cc1ccco1)c1ccc(C)c(Br)c1. The molecule has 2 aromatic rings. The van der Waals surface area contributed by atoms with Gasteiger partial charge in [0.1, 0.15) is 5.76 Å². The lowest BCUT2D eigenvalue weighted by atomic mass is 10.0. The van der Waals surface area contributed by atoms with Crippen molar-refractivity contribution >= 4 is 15.9 Å². The van der Waals surface area contributed by atoms with Gasteiger partial charge >= 0.3 is 0 Å². The Kier molecular flexibility index (Phi) is 5.23. The van der Waals surface area contributed by atoms with Crippen LogP contribution in [-0.2, 0) is 6.42 Å². The summed E-state index contributed by atoms with van der Waals surface area (Å²) < 4.78 is 6.63. The minimum Gasteiger partial charge on any atom is -0.469 e. The standard InChI is InChI=1S/C16H20BrNO/c1-3-8-18-16(11-14-5-4-9-19-14)13-7-6-12(2)15(17)10-13/h4-7,9-10,16,18H,3,8,11H2,1-2H3. The van der Waals surface area contributed by atoms with Crippen molar-refractivity contribution in [2.45, 2.75) is 32.7 Å². The van der Waals surface area contributed by atoms with Crippen LogP contribution in [0.5, 0.6) is 0 Å². The van der Waals surface area contributed by atoms with E-state index in [4.69, 9.17) is 4.42 Å². The summed E-state index contributed by atoms with van der Waals surface area (Å²) in [5.74, 6) is 1.02. The Morgan fingerprint density at radius 1 is 1.32 bits per heavy atom. The van der Waals surface area contributed by atoms with Gasteiger partial charge in [-0.15, -0.1) is 0 Å². The van der Waals surface area contributed by atoms with Crippen LogP contribution in [0, 0.1) is 6.92 Å². The average molecular weight is 322 g/mol. The summed E-state index contributed by atoms with van der Waals surface area (Å²) in [5.41, 5.74) is 2.55.